The number of fused-ring (bicyclic) bond motifs is 4. The van der Waals surface area contributed by atoms with E-state index in [4.69, 9.17) is 19.4 Å². The highest BCUT2D eigenvalue weighted by Gasteiger charge is 2.22. The van der Waals surface area contributed by atoms with Crippen molar-refractivity contribution in [3.63, 3.8) is 0 Å². The molecule has 0 aliphatic heterocycles. The second kappa shape index (κ2) is 14.0. The normalized spacial score (nSPS) is 11.4. The fourth-order valence-electron chi connectivity index (χ4n) is 8.07. The van der Waals surface area contributed by atoms with Gasteiger partial charge < -0.3 is 4.42 Å². The number of furan rings is 1. The van der Waals surface area contributed by atoms with Gasteiger partial charge in [-0.25, -0.2) is 15.0 Å². The van der Waals surface area contributed by atoms with Crippen LogP contribution in [0.2, 0.25) is 0 Å². The van der Waals surface area contributed by atoms with E-state index in [0.29, 0.717) is 5.82 Å². The van der Waals surface area contributed by atoms with Gasteiger partial charge in [0.1, 0.15) is 17.0 Å². The predicted octanol–water partition coefficient (Wildman–Crippen LogP) is 13.7. The van der Waals surface area contributed by atoms with E-state index in [9.17, 15) is 0 Å². The fourth-order valence-corrected chi connectivity index (χ4v) is 8.07. The summed E-state index contributed by atoms with van der Waals surface area (Å²) in [4.78, 5) is 15.8. The molecule has 0 atom stereocenters. The first-order valence-corrected chi connectivity index (χ1v) is 19.4. The van der Waals surface area contributed by atoms with E-state index in [0.717, 1.165) is 94.8 Å². The number of hydrogen-bond donors (Lipinski definition) is 0. The third-order valence-electron chi connectivity index (χ3n) is 10.9. The maximum absolute atomic E-state index is 6.83. The van der Waals surface area contributed by atoms with Gasteiger partial charge in [-0.2, -0.15) is 0 Å². The van der Waals surface area contributed by atoms with Gasteiger partial charge in [0.2, 0.25) is 0 Å². The quantitative estimate of drug-likeness (QED) is 0.163. The van der Waals surface area contributed by atoms with Gasteiger partial charge in [0.05, 0.1) is 28.0 Å². The summed E-state index contributed by atoms with van der Waals surface area (Å²) in [5.41, 5.74) is 14.6. The highest BCUT2D eigenvalue weighted by atomic mass is 16.3. The minimum absolute atomic E-state index is 0.625. The SMILES string of the molecule is c1ccc(-c2ccc(-c3cc(-c4cccc(-c5ccccc5)c4)nc(-c4cccc5oc6c(-c7nc8ccccc8n7-c7ccccc7)cccc6c45)n3)cc2)cc1. The molecule has 0 saturated carbocycles. The zero-order valence-electron chi connectivity index (χ0n) is 31.3. The van der Waals surface area contributed by atoms with Crippen molar-refractivity contribution < 1.29 is 4.42 Å². The summed E-state index contributed by atoms with van der Waals surface area (Å²) < 4.78 is 9.04. The van der Waals surface area contributed by atoms with Crippen LogP contribution in [0.4, 0.5) is 0 Å². The van der Waals surface area contributed by atoms with E-state index >= 15 is 0 Å². The first-order valence-electron chi connectivity index (χ1n) is 19.4. The van der Waals surface area contributed by atoms with E-state index in [1.807, 2.05) is 36.4 Å². The van der Waals surface area contributed by atoms with Gasteiger partial charge in [0.25, 0.3) is 0 Å². The lowest BCUT2D eigenvalue weighted by atomic mass is 9.99. The first-order chi connectivity index (χ1) is 28.7. The van der Waals surface area contributed by atoms with E-state index < -0.39 is 0 Å². The molecule has 58 heavy (non-hydrogen) atoms. The first kappa shape index (κ1) is 33.4. The molecule has 5 nitrogen and oxygen atoms in total. The molecule has 3 aromatic heterocycles. The van der Waals surface area contributed by atoms with Crippen molar-refractivity contribution in [2.24, 2.45) is 0 Å². The molecule has 0 fully saturated rings. The largest absolute Gasteiger partial charge is 0.455 e. The minimum atomic E-state index is 0.625. The topological polar surface area (TPSA) is 56.7 Å². The van der Waals surface area contributed by atoms with Crippen molar-refractivity contribution >= 4 is 33.0 Å². The molecule has 11 rings (SSSR count). The third-order valence-corrected chi connectivity index (χ3v) is 10.9. The molecule has 5 heteroatoms. The van der Waals surface area contributed by atoms with Crippen LogP contribution in [0, 0.1) is 0 Å². The number of rotatable bonds is 7. The Hall–Kier alpha value is -7.89. The molecule has 3 heterocycles. The Morgan fingerprint density at radius 1 is 0.397 bits per heavy atom. The average Bonchev–Trinajstić information content (AvgIpc) is 3.89. The third kappa shape index (κ3) is 5.85. The second-order valence-electron chi connectivity index (χ2n) is 14.4. The molecule has 11 aromatic rings. The molecule has 272 valence electrons. The van der Waals surface area contributed by atoms with Crippen LogP contribution in [0.15, 0.2) is 211 Å². The van der Waals surface area contributed by atoms with E-state index in [-0.39, 0.29) is 0 Å². The Morgan fingerprint density at radius 2 is 0.966 bits per heavy atom. The molecule has 0 unspecified atom stereocenters. The lowest BCUT2D eigenvalue weighted by Gasteiger charge is -2.12. The summed E-state index contributed by atoms with van der Waals surface area (Å²) in [6.07, 6.45) is 0. The Bertz CT molecular complexity index is 3260. The number of para-hydroxylation sites is 4. The molecule has 0 saturated heterocycles. The summed E-state index contributed by atoms with van der Waals surface area (Å²) in [7, 11) is 0. The lowest BCUT2D eigenvalue weighted by Crippen LogP contribution is -1.97. The summed E-state index contributed by atoms with van der Waals surface area (Å²) in [5.74, 6) is 1.44. The number of aromatic nitrogens is 4. The van der Waals surface area contributed by atoms with Crippen LogP contribution in [0.5, 0.6) is 0 Å². The van der Waals surface area contributed by atoms with Gasteiger partial charge in [0, 0.05) is 33.2 Å². The van der Waals surface area contributed by atoms with Crippen LogP contribution in [0.3, 0.4) is 0 Å². The molecule has 0 spiro atoms. The van der Waals surface area contributed by atoms with Crippen LogP contribution in [0.1, 0.15) is 0 Å². The van der Waals surface area contributed by atoms with Gasteiger partial charge in [0.15, 0.2) is 5.82 Å². The summed E-state index contributed by atoms with van der Waals surface area (Å²) in [6, 6.07) is 71.3. The molecule has 0 aliphatic rings. The number of hydrogen-bond acceptors (Lipinski definition) is 4. The van der Waals surface area contributed by atoms with Crippen molar-refractivity contribution in [3.05, 3.63) is 206 Å². The standard InChI is InChI=1S/C53H34N4O/c1-4-15-35(16-5-1)37-29-31-38(32-30-37)46-34-47(40-20-12-19-39(33-40)36-17-6-2-7-18-36)55-52(54-46)43-24-14-28-49-50(43)42-23-13-25-44(51(42)58-49)53-56-45-26-10-11-27-48(45)57(53)41-21-8-3-9-22-41/h1-34H. The van der Waals surface area contributed by atoms with Crippen LogP contribution in [-0.4, -0.2) is 19.5 Å². The Kier molecular flexibility index (Phi) is 8.07. The van der Waals surface area contributed by atoms with Gasteiger partial charge in [-0.3, -0.25) is 4.57 Å². The average molecular weight is 743 g/mol. The summed E-state index contributed by atoms with van der Waals surface area (Å²) in [6.45, 7) is 0. The highest BCUT2D eigenvalue weighted by Crippen LogP contribution is 2.42. The minimum Gasteiger partial charge on any atom is -0.455 e. The van der Waals surface area contributed by atoms with Crippen LogP contribution in [0.25, 0.3) is 106 Å². The van der Waals surface area contributed by atoms with Gasteiger partial charge >= 0.3 is 0 Å². The molecule has 0 aliphatic carbocycles. The Labute approximate surface area is 335 Å². The van der Waals surface area contributed by atoms with E-state index in [1.54, 1.807) is 0 Å². The van der Waals surface area contributed by atoms with Crippen molar-refractivity contribution in [2.75, 3.05) is 0 Å². The van der Waals surface area contributed by atoms with Crippen molar-refractivity contribution in [2.45, 2.75) is 0 Å². The maximum atomic E-state index is 6.83. The number of imidazole rings is 1. The van der Waals surface area contributed by atoms with Crippen LogP contribution in [-0.2, 0) is 0 Å². The second-order valence-corrected chi connectivity index (χ2v) is 14.4. The van der Waals surface area contributed by atoms with Gasteiger partial charge in [-0.15, -0.1) is 0 Å². The number of benzene rings is 8. The number of nitrogens with zero attached hydrogens (tertiary/aromatic N) is 4. The summed E-state index contributed by atoms with van der Waals surface area (Å²) in [5, 5.41) is 1.94. The molecule has 0 bridgehead atoms. The summed E-state index contributed by atoms with van der Waals surface area (Å²) >= 11 is 0. The van der Waals surface area contributed by atoms with Crippen molar-refractivity contribution in [1.29, 1.82) is 0 Å². The zero-order chi connectivity index (χ0) is 38.4. The van der Waals surface area contributed by atoms with Crippen LogP contribution < -0.4 is 0 Å². The van der Waals surface area contributed by atoms with E-state index in [1.165, 1.54) is 5.56 Å². The smallest absolute Gasteiger partial charge is 0.161 e. The predicted molar refractivity (Wildman–Crippen MR) is 237 cm³/mol. The molecule has 0 amide bonds. The lowest BCUT2D eigenvalue weighted by molar-refractivity contribution is 0.669. The molecule has 8 aromatic carbocycles. The van der Waals surface area contributed by atoms with Crippen molar-refractivity contribution in [1.82, 2.24) is 19.5 Å². The molecule has 0 radical (unpaired) electrons. The Balaban J connectivity index is 1.11. The molecule has 0 N–H and O–H groups in total. The van der Waals surface area contributed by atoms with Crippen LogP contribution >= 0.6 is 0 Å². The van der Waals surface area contributed by atoms with Gasteiger partial charge in [-0.05, 0) is 70.8 Å². The fraction of sp³-hybridized carbons (Fsp3) is 0. The zero-order valence-corrected chi connectivity index (χ0v) is 31.3. The Morgan fingerprint density at radius 3 is 1.74 bits per heavy atom. The van der Waals surface area contributed by atoms with Crippen molar-refractivity contribution in [3.8, 4) is 73.2 Å². The molecular weight excluding hydrogens is 709 g/mol. The molecular formula is C53H34N4O. The monoisotopic (exact) mass is 742 g/mol. The van der Waals surface area contributed by atoms with E-state index in [2.05, 4.69) is 174 Å². The highest BCUT2D eigenvalue weighted by molar-refractivity contribution is 6.15. The maximum Gasteiger partial charge on any atom is 0.161 e. The van der Waals surface area contributed by atoms with Gasteiger partial charge in [-0.1, -0.05) is 158 Å².